The molecule has 0 aromatic heterocycles. The van der Waals surface area contributed by atoms with Gasteiger partial charge < -0.3 is 5.11 Å². The van der Waals surface area contributed by atoms with E-state index in [-0.39, 0.29) is 74.9 Å². The van der Waals surface area contributed by atoms with E-state index in [0.717, 1.165) is 19.3 Å². The predicted octanol–water partition coefficient (Wildman–Crippen LogP) is 13.4. The van der Waals surface area contributed by atoms with E-state index < -0.39 is 47.3 Å². The molecule has 2 heterocycles. The standard InChI is InChI=1S/C22H41N2O6P.C15H32O.C14H26N3O4P.2V/c1-8-16(3)18(5)22(7,19(6)17(4)9-2)30-31(25,28-13-10-12-23)29-20-11-14-26-21(20)15-27-24;1-8-10(3)12(5)14(7)15(16)13(6)11(4)9-2;1-11(2)17(12(3)4)22(20-8-5-7-15)21-13-6-9-18-14(13)10-19-16;;/h16-21H,8-11,13-15H2,1-7H3;10-16H,8-9H2,1-7H3;11-14H,5-6,8-10H2,1-4H3;;/i14T;;9T;;. The molecular formula is C51H99N5O11P2V2. The number of hydrogen-bond acceptors (Lipinski definition) is 16. The molecule has 20 heteroatoms. The number of ether oxygens (including phenoxy) is 2. The van der Waals surface area contributed by atoms with Crippen LogP contribution in [0.25, 0.3) is 0 Å². The van der Waals surface area contributed by atoms with Crippen LogP contribution in [-0.2, 0) is 80.8 Å². The van der Waals surface area contributed by atoms with Gasteiger partial charge >= 0.3 is 341 Å². The average Bonchev–Trinajstić information content (AvgIpc) is 3.90. The molecule has 2 aliphatic rings. The average molecular weight is 1130 g/mol. The number of nitriles is 2. The molecule has 0 saturated carbocycles. The number of phosphoric acid groups is 1. The normalized spacial score (nSPS) is 26.9. The van der Waals surface area contributed by atoms with Crippen LogP contribution in [0.3, 0.4) is 0 Å². The first kappa shape index (κ1) is 67.1. The van der Waals surface area contributed by atoms with Crippen LogP contribution in [-0.4, -0.2) is 97.6 Å². The molecular weight excluding hydrogens is 1020 g/mol. The molecule has 0 amide bonds. The fourth-order valence-electron chi connectivity index (χ4n) is 8.66. The summed E-state index contributed by atoms with van der Waals surface area (Å²) in [5, 5.41) is 28.1. The van der Waals surface area contributed by atoms with Gasteiger partial charge in [-0.2, -0.15) is 0 Å². The summed E-state index contributed by atoms with van der Waals surface area (Å²) in [4.78, 5) is 10.1. The number of aliphatic hydroxyl groups is 1. The van der Waals surface area contributed by atoms with Gasteiger partial charge in [0.05, 0.1) is 6.10 Å². The summed E-state index contributed by atoms with van der Waals surface area (Å²) in [6.07, 6.45) is 3.10. The van der Waals surface area contributed by atoms with E-state index in [4.69, 9.17) is 55.0 Å². The Kier molecular flexibility index (Phi) is 36.4. The Bertz CT molecular complexity index is 1600. The van der Waals surface area contributed by atoms with Gasteiger partial charge in [-0.05, 0) is 29.6 Å². The first-order valence-electron chi connectivity index (χ1n) is 27.4. The summed E-state index contributed by atoms with van der Waals surface area (Å²) in [6.45, 7) is 37.8. The Morgan fingerprint density at radius 2 is 1.17 bits per heavy atom. The SMILES string of the molecule is CCC(C)C(C)C(C)C(O)C(C)C(C)CC.[3H]C1CC(OP(=O)(OCCC#N)OC(C)(C(C)C(C)CC)C(C)C(C)CC)C(CO[N]=[V])O1.[3H]C1CC(OP(OCCC#N)N(C(C)C)C(C)C)C(CO[N]=[V])O1. The zero-order valence-corrected chi connectivity index (χ0v) is 51.5. The molecule has 0 aromatic carbocycles. The number of nitrogens with zero attached hydrogens (tertiary/aromatic N) is 5. The van der Waals surface area contributed by atoms with E-state index in [1.54, 1.807) is 0 Å². The molecule has 1 N–H and O–H groups in total. The maximum atomic E-state index is 14.1. The van der Waals surface area contributed by atoms with Gasteiger partial charge in [0.15, 0.2) is 0 Å². The Labute approximate surface area is 455 Å². The molecule has 2 rings (SSSR count). The van der Waals surface area contributed by atoms with Gasteiger partial charge in [-0.1, -0.05) is 75.2 Å². The summed E-state index contributed by atoms with van der Waals surface area (Å²) in [5.41, 5.74) is -0.810. The Morgan fingerprint density at radius 1 is 0.732 bits per heavy atom. The molecule has 16 nitrogen and oxygen atoms in total. The summed E-state index contributed by atoms with van der Waals surface area (Å²) in [5.74, 6) is 3.47. The van der Waals surface area contributed by atoms with Crippen LogP contribution in [0.15, 0.2) is 7.91 Å². The van der Waals surface area contributed by atoms with Crippen molar-refractivity contribution in [3.8, 4) is 12.1 Å². The second kappa shape index (κ2) is 38.5. The fraction of sp³-hybridized carbons (Fsp3) is 0.961. The zero-order valence-electron chi connectivity index (χ0n) is 48.9. The molecule has 0 aliphatic carbocycles. The van der Waals surface area contributed by atoms with E-state index in [9.17, 15) is 9.67 Å². The molecule has 2 aliphatic heterocycles. The van der Waals surface area contributed by atoms with Crippen molar-refractivity contribution >= 4 is 16.3 Å². The van der Waals surface area contributed by atoms with Crippen LogP contribution in [0.4, 0.5) is 0 Å². The van der Waals surface area contributed by atoms with Gasteiger partial charge in [0.25, 0.3) is 0 Å². The van der Waals surface area contributed by atoms with E-state index >= 15 is 0 Å². The summed E-state index contributed by atoms with van der Waals surface area (Å²) in [6, 6.07) is 4.53. The first-order chi connectivity index (χ1) is 34.2. The number of aliphatic hydroxyl groups excluding tert-OH is 1. The van der Waals surface area contributed by atoms with Crippen molar-refractivity contribution in [1.29, 1.82) is 10.5 Å². The molecule has 2 fully saturated rings. The van der Waals surface area contributed by atoms with Gasteiger partial charge in [0.2, 0.25) is 0 Å². The molecule has 414 valence electrons. The predicted molar refractivity (Wildman–Crippen MR) is 273 cm³/mol. The molecule has 0 spiro atoms. The third-order valence-electron chi connectivity index (χ3n) is 15.3. The van der Waals surface area contributed by atoms with Crippen LogP contribution in [0.5, 0.6) is 0 Å². The van der Waals surface area contributed by atoms with Gasteiger partial charge in [0, 0.05) is 0 Å². The quantitative estimate of drug-likeness (QED) is 0.0363. The Morgan fingerprint density at radius 3 is 1.61 bits per heavy atom. The fourth-order valence-corrected chi connectivity index (χ4v) is 12.5. The minimum absolute atomic E-state index is 0.0522. The molecule has 18 atom stereocenters. The van der Waals surface area contributed by atoms with Crippen molar-refractivity contribution in [1.82, 2.24) is 4.67 Å². The molecule has 0 radical (unpaired) electrons. The van der Waals surface area contributed by atoms with E-state index in [1.165, 1.54) is 6.42 Å². The van der Waals surface area contributed by atoms with Crippen LogP contribution >= 0.6 is 16.3 Å². The number of hydrogen-bond donors (Lipinski definition) is 1. The summed E-state index contributed by atoms with van der Waals surface area (Å²) in [7, 11) is -5.49. The van der Waals surface area contributed by atoms with Gasteiger partial charge in [-0.3, -0.25) is 0 Å². The van der Waals surface area contributed by atoms with Crippen LogP contribution < -0.4 is 0 Å². The second-order valence-corrected chi connectivity index (χ2v) is 23.9. The van der Waals surface area contributed by atoms with E-state index in [2.05, 4.69) is 136 Å². The molecule has 2 saturated heterocycles. The van der Waals surface area contributed by atoms with Crippen molar-refractivity contribution < 1.29 is 88.7 Å². The molecule has 71 heavy (non-hydrogen) atoms. The Hall–Kier alpha value is -0.0312. The van der Waals surface area contributed by atoms with Gasteiger partial charge in [-0.25, -0.2) is 0 Å². The van der Waals surface area contributed by atoms with Crippen LogP contribution in [0, 0.1) is 75.9 Å². The van der Waals surface area contributed by atoms with Crippen molar-refractivity contribution in [2.45, 2.75) is 224 Å². The topological polar surface area (TPSA) is 196 Å². The van der Waals surface area contributed by atoms with Crippen molar-refractivity contribution in [3.63, 3.8) is 0 Å². The number of rotatable bonds is 34. The zero-order chi connectivity index (χ0) is 56.2. The number of phosphoric ester groups is 1. The minimum atomic E-state index is -4.13. The molecule has 0 bridgehead atoms. The molecule has 0 aromatic rings. The monoisotopic (exact) mass is 1130 g/mol. The maximum absolute atomic E-state index is 14.1. The third kappa shape index (κ3) is 24.9. The summed E-state index contributed by atoms with van der Waals surface area (Å²) >= 11 is 3.93. The van der Waals surface area contributed by atoms with E-state index in [0.29, 0.717) is 60.9 Å². The van der Waals surface area contributed by atoms with Gasteiger partial charge in [0.1, 0.15) is 0 Å². The molecule has 18 unspecified atom stereocenters. The van der Waals surface area contributed by atoms with Crippen molar-refractivity contribution in [2.24, 2.45) is 61.2 Å². The third-order valence-corrected chi connectivity index (χ3v) is 19.5. The van der Waals surface area contributed by atoms with Gasteiger partial charge in [-0.15, -0.1) is 0 Å². The summed E-state index contributed by atoms with van der Waals surface area (Å²) < 4.78 is 80.3. The van der Waals surface area contributed by atoms with Crippen LogP contribution in [0.2, 0.25) is 0 Å². The van der Waals surface area contributed by atoms with Crippen LogP contribution in [0.1, 0.15) is 179 Å². The Balaban J connectivity index is 0.00000114. The van der Waals surface area contributed by atoms with Crippen molar-refractivity contribution in [3.05, 3.63) is 0 Å². The first-order valence-corrected chi connectivity index (χ1v) is 30.1. The van der Waals surface area contributed by atoms with Crippen molar-refractivity contribution in [2.75, 3.05) is 39.6 Å². The second-order valence-electron chi connectivity index (χ2n) is 20.4. The van der Waals surface area contributed by atoms with E-state index in [1.807, 2.05) is 47.5 Å².